The van der Waals surface area contributed by atoms with Crippen LogP contribution in [0.5, 0.6) is 5.88 Å². The van der Waals surface area contributed by atoms with Crippen LogP contribution in [0.25, 0.3) is 0 Å². The molecule has 0 amide bonds. The molecule has 2 fully saturated rings. The number of pyridine rings is 1. The second kappa shape index (κ2) is 6.36. The Kier molecular flexibility index (Phi) is 4.56. The molecule has 0 aromatic carbocycles. The van der Waals surface area contributed by atoms with Crippen LogP contribution in [0.4, 0.5) is 0 Å². The molecule has 2 aliphatic rings. The third-order valence-corrected chi connectivity index (χ3v) is 5.08. The van der Waals surface area contributed by atoms with E-state index in [0.29, 0.717) is 11.4 Å². The molecule has 2 saturated heterocycles. The maximum Gasteiger partial charge on any atom is 0.496 e. The summed E-state index contributed by atoms with van der Waals surface area (Å²) in [6.45, 7) is 9.86. The number of rotatable bonds is 3. The van der Waals surface area contributed by atoms with Gasteiger partial charge in [0.1, 0.15) is 17.7 Å². The fourth-order valence-electron chi connectivity index (χ4n) is 2.82. The Morgan fingerprint density at radius 2 is 1.88 bits per heavy atom. The largest absolute Gasteiger partial charge is 0.496 e. The number of hydrogen-bond donors (Lipinski definition) is 1. The van der Waals surface area contributed by atoms with Gasteiger partial charge < -0.3 is 19.4 Å². The number of ether oxygens (including phenoxy) is 1. The molecule has 1 aromatic heterocycles. The van der Waals surface area contributed by atoms with E-state index in [0.717, 1.165) is 31.4 Å². The summed E-state index contributed by atoms with van der Waals surface area (Å²) in [7, 11) is -0.525. The zero-order chi connectivity index (χ0) is 17.4. The van der Waals surface area contributed by atoms with Crippen molar-refractivity contribution < 1.29 is 14.0 Å². The fraction of sp³-hybridized carbons (Fsp3) is 0.647. The van der Waals surface area contributed by atoms with Gasteiger partial charge in [-0.1, -0.05) is 0 Å². The Morgan fingerprint density at radius 1 is 1.25 bits per heavy atom. The van der Waals surface area contributed by atoms with Gasteiger partial charge in [0.15, 0.2) is 0 Å². The van der Waals surface area contributed by atoms with Crippen LogP contribution in [0, 0.1) is 11.3 Å². The van der Waals surface area contributed by atoms with Crippen LogP contribution in [-0.4, -0.2) is 42.5 Å². The summed E-state index contributed by atoms with van der Waals surface area (Å²) in [5.74, 6) is 0.393. The quantitative estimate of drug-likeness (QED) is 0.845. The van der Waals surface area contributed by atoms with Gasteiger partial charge in [-0.15, -0.1) is 0 Å². The van der Waals surface area contributed by atoms with E-state index in [-0.39, 0.29) is 6.10 Å². The summed E-state index contributed by atoms with van der Waals surface area (Å²) in [6.07, 6.45) is 3.63. The van der Waals surface area contributed by atoms with E-state index in [4.69, 9.17) is 14.0 Å². The number of hydrogen-bond acceptors (Lipinski definition) is 6. The third-order valence-electron chi connectivity index (χ3n) is 5.08. The Labute approximate surface area is 143 Å². The van der Waals surface area contributed by atoms with E-state index >= 15 is 0 Å². The molecule has 3 rings (SSSR count). The first kappa shape index (κ1) is 17.2. The van der Waals surface area contributed by atoms with Crippen LogP contribution in [-0.2, 0) is 9.31 Å². The zero-order valence-electron chi connectivity index (χ0n) is 14.8. The standard InChI is InChI=1S/C17H24BN3O3/c1-16(2)17(3,4)24-18(23-16)13-9-12(10-19)15(21-11-13)22-14-5-7-20-8-6-14/h9,11,14,20H,5-8H2,1-4H3. The Balaban J connectivity index is 1.78. The van der Waals surface area contributed by atoms with E-state index in [1.807, 2.05) is 27.7 Å². The van der Waals surface area contributed by atoms with Gasteiger partial charge in [-0.25, -0.2) is 4.98 Å². The fourth-order valence-corrected chi connectivity index (χ4v) is 2.82. The van der Waals surface area contributed by atoms with Crippen LogP contribution < -0.4 is 15.5 Å². The topological polar surface area (TPSA) is 76.4 Å². The first-order valence-corrected chi connectivity index (χ1v) is 8.45. The molecule has 0 radical (unpaired) electrons. The lowest BCUT2D eigenvalue weighted by molar-refractivity contribution is 0.00578. The van der Waals surface area contributed by atoms with Crippen molar-refractivity contribution in [1.29, 1.82) is 5.26 Å². The lowest BCUT2D eigenvalue weighted by Gasteiger charge is -2.32. The summed E-state index contributed by atoms with van der Waals surface area (Å²) in [4.78, 5) is 4.36. The molecule has 0 unspecified atom stereocenters. The molecular weight excluding hydrogens is 305 g/mol. The molecule has 2 aliphatic heterocycles. The average Bonchev–Trinajstić information content (AvgIpc) is 2.77. The number of nitrogens with one attached hydrogen (secondary N) is 1. The van der Waals surface area contributed by atoms with Crippen molar-refractivity contribution >= 4 is 12.6 Å². The molecule has 0 spiro atoms. The predicted octanol–water partition coefficient (Wildman–Crippen LogP) is 1.38. The summed E-state index contributed by atoms with van der Waals surface area (Å²) < 4.78 is 18.0. The molecule has 7 heteroatoms. The molecule has 0 saturated carbocycles. The summed E-state index contributed by atoms with van der Waals surface area (Å²) in [6, 6.07) is 3.93. The smallest absolute Gasteiger partial charge is 0.473 e. The van der Waals surface area contributed by atoms with Crippen molar-refractivity contribution in [3.63, 3.8) is 0 Å². The normalized spacial score (nSPS) is 23.0. The van der Waals surface area contributed by atoms with Gasteiger partial charge in [0.2, 0.25) is 5.88 Å². The molecule has 1 N–H and O–H groups in total. The highest BCUT2D eigenvalue weighted by atomic mass is 16.7. The van der Waals surface area contributed by atoms with E-state index < -0.39 is 18.3 Å². The molecule has 0 bridgehead atoms. The van der Waals surface area contributed by atoms with E-state index in [1.54, 1.807) is 12.3 Å². The molecule has 0 aliphatic carbocycles. The Morgan fingerprint density at radius 3 is 2.46 bits per heavy atom. The molecule has 1 aromatic rings. The number of aromatic nitrogens is 1. The first-order valence-electron chi connectivity index (χ1n) is 8.45. The van der Waals surface area contributed by atoms with Gasteiger partial charge >= 0.3 is 7.12 Å². The Hall–Kier alpha value is -1.62. The number of nitrogens with zero attached hydrogens (tertiary/aromatic N) is 2. The second-order valence-electron chi connectivity index (χ2n) is 7.39. The zero-order valence-corrected chi connectivity index (χ0v) is 14.8. The summed E-state index contributed by atoms with van der Waals surface area (Å²) in [5.41, 5.74) is 0.312. The van der Waals surface area contributed by atoms with E-state index in [2.05, 4.69) is 16.4 Å². The van der Waals surface area contributed by atoms with Crippen LogP contribution in [0.1, 0.15) is 46.1 Å². The Bertz CT molecular complexity index is 635. The van der Waals surface area contributed by atoms with Crippen molar-refractivity contribution in [3.8, 4) is 11.9 Å². The van der Waals surface area contributed by atoms with Gasteiger partial charge in [0.25, 0.3) is 0 Å². The number of piperidine rings is 1. The van der Waals surface area contributed by atoms with Crippen molar-refractivity contribution in [2.45, 2.75) is 57.8 Å². The molecule has 128 valence electrons. The maximum atomic E-state index is 9.46. The van der Waals surface area contributed by atoms with Crippen molar-refractivity contribution in [2.75, 3.05) is 13.1 Å². The molecule has 3 heterocycles. The van der Waals surface area contributed by atoms with Gasteiger partial charge in [0.05, 0.1) is 11.2 Å². The highest BCUT2D eigenvalue weighted by Gasteiger charge is 2.51. The minimum absolute atomic E-state index is 0.105. The molecule has 6 nitrogen and oxygen atoms in total. The van der Waals surface area contributed by atoms with Crippen LogP contribution in [0.15, 0.2) is 12.3 Å². The van der Waals surface area contributed by atoms with Crippen LogP contribution >= 0.6 is 0 Å². The lowest BCUT2D eigenvalue weighted by Crippen LogP contribution is -2.41. The van der Waals surface area contributed by atoms with Gasteiger partial charge in [0, 0.05) is 11.7 Å². The van der Waals surface area contributed by atoms with Gasteiger partial charge in [-0.2, -0.15) is 5.26 Å². The minimum Gasteiger partial charge on any atom is -0.473 e. The van der Waals surface area contributed by atoms with Crippen LogP contribution in [0.2, 0.25) is 0 Å². The third kappa shape index (κ3) is 3.27. The summed E-state index contributed by atoms with van der Waals surface area (Å²) >= 11 is 0. The first-order chi connectivity index (χ1) is 11.3. The highest BCUT2D eigenvalue weighted by molar-refractivity contribution is 6.62. The lowest BCUT2D eigenvalue weighted by atomic mass is 9.80. The van der Waals surface area contributed by atoms with Crippen LogP contribution in [0.3, 0.4) is 0 Å². The average molecular weight is 329 g/mol. The van der Waals surface area contributed by atoms with Crippen molar-refractivity contribution in [2.24, 2.45) is 0 Å². The SMILES string of the molecule is CC1(C)OB(c2cnc(OC3CCNCC3)c(C#N)c2)OC1(C)C. The van der Waals surface area contributed by atoms with E-state index in [9.17, 15) is 5.26 Å². The predicted molar refractivity (Wildman–Crippen MR) is 91.2 cm³/mol. The van der Waals surface area contributed by atoms with E-state index in [1.165, 1.54) is 0 Å². The molecular formula is C17H24BN3O3. The summed E-state index contributed by atoms with van der Waals surface area (Å²) in [5, 5.41) is 12.7. The molecule has 24 heavy (non-hydrogen) atoms. The van der Waals surface area contributed by atoms with Crippen molar-refractivity contribution in [1.82, 2.24) is 10.3 Å². The minimum atomic E-state index is -0.525. The monoisotopic (exact) mass is 329 g/mol. The van der Waals surface area contributed by atoms with Crippen molar-refractivity contribution in [3.05, 3.63) is 17.8 Å². The maximum absolute atomic E-state index is 9.46. The highest BCUT2D eigenvalue weighted by Crippen LogP contribution is 2.36. The molecule has 0 atom stereocenters. The van der Waals surface area contributed by atoms with Gasteiger partial charge in [-0.05, 0) is 59.7 Å². The second-order valence-corrected chi connectivity index (χ2v) is 7.39. The number of nitriles is 1. The van der Waals surface area contributed by atoms with Gasteiger partial charge in [-0.3, -0.25) is 0 Å².